The summed E-state index contributed by atoms with van der Waals surface area (Å²) in [5, 5.41) is 0.238. The molecule has 34 heavy (non-hydrogen) atoms. The molecule has 3 heterocycles. The van der Waals surface area contributed by atoms with Crippen LogP contribution >= 0.6 is 0 Å². The van der Waals surface area contributed by atoms with Gasteiger partial charge in [-0.15, -0.1) is 0 Å². The zero-order valence-corrected chi connectivity index (χ0v) is 19.8. The maximum absolute atomic E-state index is 13.4. The number of fused-ring (bicyclic) bond motifs is 2. The molecule has 0 N–H and O–H groups in total. The lowest BCUT2D eigenvalue weighted by Gasteiger charge is -2.18. The van der Waals surface area contributed by atoms with E-state index < -0.39 is 11.9 Å². The Balaban J connectivity index is 2.17. The first-order chi connectivity index (χ1) is 16.2. The second kappa shape index (κ2) is 9.05. The van der Waals surface area contributed by atoms with E-state index in [9.17, 15) is 14.4 Å². The average molecular weight is 459 g/mol. The smallest absolute Gasteiger partial charge is 0.341 e. The fourth-order valence-electron chi connectivity index (χ4n) is 3.95. The molecular weight excluding hydrogens is 432 g/mol. The molecule has 0 fully saturated rings. The highest BCUT2D eigenvalue weighted by Crippen LogP contribution is 2.17. The number of nitrogens with zero attached hydrogens (tertiary/aromatic N) is 4. The molecule has 0 unspecified atom stereocenters. The zero-order chi connectivity index (χ0) is 24.6. The molecule has 4 rings (SSSR count). The van der Waals surface area contributed by atoms with Crippen LogP contribution in [-0.4, -0.2) is 32.4 Å². The highest BCUT2D eigenvalue weighted by atomic mass is 16.5. The van der Waals surface area contributed by atoms with Crippen LogP contribution in [0.2, 0.25) is 0 Å². The lowest BCUT2D eigenvalue weighted by atomic mass is 10.1. The summed E-state index contributed by atoms with van der Waals surface area (Å²) in [4.78, 5) is 48.6. The topological polar surface area (TPSA) is 95.0 Å². The van der Waals surface area contributed by atoms with Crippen LogP contribution in [0, 0.1) is 13.8 Å². The first-order valence-electron chi connectivity index (χ1n) is 11.1. The second-order valence-electron chi connectivity index (χ2n) is 8.39. The number of hydrogen-bond donors (Lipinski definition) is 0. The minimum atomic E-state index is -0.664. The summed E-state index contributed by atoms with van der Waals surface area (Å²) < 4.78 is 8.36. The number of aryl methyl sites for hydroxylation is 2. The molecule has 1 aromatic carbocycles. The van der Waals surface area contributed by atoms with E-state index in [2.05, 4.69) is 4.99 Å². The average Bonchev–Trinajstić information content (AvgIpc) is 2.79. The van der Waals surface area contributed by atoms with Crippen molar-refractivity contribution in [2.24, 2.45) is 4.99 Å². The van der Waals surface area contributed by atoms with E-state index in [1.165, 1.54) is 10.5 Å². The zero-order valence-electron chi connectivity index (χ0n) is 19.8. The van der Waals surface area contributed by atoms with Gasteiger partial charge in [0.25, 0.3) is 11.5 Å². The van der Waals surface area contributed by atoms with Crippen LogP contribution in [0.4, 0.5) is 0 Å². The van der Waals surface area contributed by atoms with Crippen molar-refractivity contribution in [3.8, 4) is 0 Å². The molecule has 0 spiro atoms. The number of amides is 1. The molecule has 4 aromatic rings. The molecule has 174 valence electrons. The molecule has 8 heteroatoms. The van der Waals surface area contributed by atoms with Gasteiger partial charge in [0.1, 0.15) is 16.9 Å². The van der Waals surface area contributed by atoms with Gasteiger partial charge < -0.3 is 9.30 Å². The number of rotatable bonds is 4. The van der Waals surface area contributed by atoms with Crippen molar-refractivity contribution in [2.45, 2.75) is 40.7 Å². The molecule has 3 aromatic heterocycles. The molecule has 1 amide bonds. The van der Waals surface area contributed by atoms with Gasteiger partial charge in [-0.25, -0.2) is 9.78 Å². The van der Waals surface area contributed by atoms with E-state index in [1.807, 2.05) is 39.8 Å². The number of carbonyl (C=O) groups is 2. The van der Waals surface area contributed by atoms with Gasteiger partial charge in [0.15, 0.2) is 5.49 Å². The number of aromatic nitrogens is 3. The van der Waals surface area contributed by atoms with E-state index in [4.69, 9.17) is 9.72 Å². The van der Waals surface area contributed by atoms with Crippen LogP contribution < -0.4 is 11.0 Å². The molecule has 0 saturated heterocycles. The van der Waals surface area contributed by atoms with Crippen LogP contribution in [0.5, 0.6) is 0 Å². The fraction of sp³-hybridized carbons (Fsp3) is 0.269. The second-order valence-corrected chi connectivity index (χ2v) is 8.39. The van der Waals surface area contributed by atoms with Crippen molar-refractivity contribution in [2.75, 3.05) is 6.61 Å². The van der Waals surface area contributed by atoms with Crippen LogP contribution in [-0.2, 0) is 4.74 Å². The monoisotopic (exact) mass is 458 g/mol. The highest BCUT2D eigenvalue weighted by molar-refractivity contribution is 5.97. The van der Waals surface area contributed by atoms with Crippen molar-refractivity contribution in [1.82, 2.24) is 14.0 Å². The third kappa shape index (κ3) is 4.03. The molecule has 0 atom stereocenters. The van der Waals surface area contributed by atoms with Gasteiger partial charge >= 0.3 is 5.97 Å². The molecule has 0 radical (unpaired) electrons. The van der Waals surface area contributed by atoms with Gasteiger partial charge in [-0.05, 0) is 64.4 Å². The van der Waals surface area contributed by atoms with Crippen molar-refractivity contribution >= 4 is 28.6 Å². The Labute approximate surface area is 196 Å². The van der Waals surface area contributed by atoms with E-state index in [1.54, 1.807) is 42.0 Å². The molecule has 8 nitrogen and oxygen atoms in total. The Morgan fingerprint density at radius 3 is 2.53 bits per heavy atom. The molecule has 0 saturated carbocycles. The van der Waals surface area contributed by atoms with E-state index in [-0.39, 0.29) is 34.6 Å². The summed E-state index contributed by atoms with van der Waals surface area (Å²) in [5.41, 5.74) is 2.80. The molecule has 0 aliphatic rings. The van der Waals surface area contributed by atoms with E-state index in [0.29, 0.717) is 16.9 Å². The Morgan fingerprint density at radius 2 is 1.85 bits per heavy atom. The third-order valence-corrected chi connectivity index (χ3v) is 5.53. The number of esters is 1. The van der Waals surface area contributed by atoms with Crippen LogP contribution in [0.25, 0.3) is 16.7 Å². The lowest BCUT2D eigenvalue weighted by molar-refractivity contribution is 0.0523. The van der Waals surface area contributed by atoms with Gasteiger partial charge in [0.2, 0.25) is 0 Å². The largest absolute Gasteiger partial charge is 0.462 e. The lowest BCUT2D eigenvalue weighted by Crippen LogP contribution is -2.33. The summed E-state index contributed by atoms with van der Waals surface area (Å²) in [7, 11) is 0. The fourth-order valence-corrected chi connectivity index (χ4v) is 3.95. The summed E-state index contributed by atoms with van der Waals surface area (Å²) in [6, 6.07) is 11.9. The predicted octanol–water partition coefficient (Wildman–Crippen LogP) is 3.76. The predicted molar refractivity (Wildman–Crippen MR) is 129 cm³/mol. The van der Waals surface area contributed by atoms with Crippen molar-refractivity contribution < 1.29 is 14.3 Å². The SMILES string of the molecule is CCOC(=O)c1cc2c(=O)n3cccc(C)c3nc2n(C(C)C)c1=NC(=O)c1cccc(C)c1. The van der Waals surface area contributed by atoms with Gasteiger partial charge in [-0.2, -0.15) is 4.99 Å². The summed E-state index contributed by atoms with van der Waals surface area (Å²) in [6.45, 7) is 9.34. The summed E-state index contributed by atoms with van der Waals surface area (Å²) in [5.74, 6) is -1.17. The first-order valence-corrected chi connectivity index (χ1v) is 11.1. The van der Waals surface area contributed by atoms with Gasteiger partial charge in [-0.1, -0.05) is 23.8 Å². The maximum Gasteiger partial charge on any atom is 0.341 e. The third-order valence-electron chi connectivity index (χ3n) is 5.53. The van der Waals surface area contributed by atoms with Gasteiger partial charge in [0.05, 0.1) is 12.0 Å². The number of ether oxygens (including phenoxy) is 1. The van der Waals surface area contributed by atoms with Crippen molar-refractivity contribution in [1.29, 1.82) is 0 Å². The molecule has 0 aliphatic carbocycles. The van der Waals surface area contributed by atoms with Crippen LogP contribution in [0.15, 0.2) is 58.4 Å². The molecule has 0 aliphatic heterocycles. The standard InChI is InChI=1S/C26H26N4O4/c1-6-34-26(33)20-14-19-22(27-21-17(5)10-8-12-29(21)25(19)32)30(15(2)3)23(20)28-24(31)18-11-7-9-16(4)13-18/h7-15H,6H2,1-5H3. The molecule has 0 bridgehead atoms. The Hall–Kier alpha value is -4.07. The maximum atomic E-state index is 13.4. The Morgan fingerprint density at radius 1 is 1.09 bits per heavy atom. The van der Waals surface area contributed by atoms with E-state index in [0.717, 1.165) is 11.1 Å². The minimum Gasteiger partial charge on any atom is -0.462 e. The Kier molecular flexibility index (Phi) is 6.15. The van der Waals surface area contributed by atoms with Crippen molar-refractivity contribution in [3.63, 3.8) is 0 Å². The van der Waals surface area contributed by atoms with Crippen LogP contribution in [0.1, 0.15) is 58.7 Å². The number of pyridine rings is 2. The van der Waals surface area contributed by atoms with Crippen LogP contribution in [0.3, 0.4) is 0 Å². The van der Waals surface area contributed by atoms with Gasteiger partial charge in [0, 0.05) is 17.8 Å². The van der Waals surface area contributed by atoms with E-state index >= 15 is 0 Å². The highest BCUT2D eigenvalue weighted by Gasteiger charge is 2.21. The Bertz CT molecular complexity index is 1580. The van der Waals surface area contributed by atoms with Gasteiger partial charge in [-0.3, -0.25) is 14.0 Å². The number of hydrogen-bond acceptors (Lipinski definition) is 5. The number of benzene rings is 1. The first kappa shape index (κ1) is 23.1. The summed E-state index contributed by atoms with van der Waals surface area (Å²) >= 11 is 0. The quantitative estimate of drug-likeness (QED) is 0.343. The minimum absolute atomic E-state index is 0.0376. The summed E-state index contributed by atoms with van der Waals surface area (Å²) in [6.07, 6.45) is 1.64. The number of carbonyl (C=O) groups excluding carboxylic acids is 2. The normalized spacial score (nSPS) is 12.0. The molecular formula is C26H26N4O4. The van der Waals surface area contributed by atoms with Crippen molar-refractivity contribution in [3.05, 3.63) is 86.8 Å².